The minimum Gasteiger partial charge on any atom is -0.349 e. The molecular weight excluding hydrogens is 192 g/mol. The van der Waals surface area contributed by atoms with Crippen molar-refractivity contribution in [3.63, 3.8) is 0 Å². The van der Waals surface area contributed by atoms with E-state index in [-0.39, 0.29) is 0 Å². The Morgan fingerprint density at radius 2 is 1.87 bits per heavy atom. The van der Waals surface area contributed by atoms with Gasteiger partial charge in [-0.15, -0.1) is 0 Å². The van der Waals surface area contributed by atoms with E-state index < -0.39 is 5.79 Å². The quantitative estimate of drug-likeness (QED) is 0.723. The summed E-state index contributed by atoms with van der Waals surface area (Å²) >= 11 is 0. The average molecular weight is 214 g/mol. The summed E-state index contributed by atoms with van der Waals surface area (Å²) in [5.41, 5.74) is 0. The third kappa shape index (κ3) is 3.14. The van der Waals surface area contributed by atoms with Crippen LogP contribution in [0, 0.1) is 0 Å². The van der Waals surface area contributed by atoms with E-state index in [2.05, 4.69) is 17.3 Å². The third-order valence-corrected chi connectivity index (χ3v) is 3.13. The van der Waals surface area contributed by atoms with E-state index in [1.165, 1.54) is 13.0 Å². The lowest BCUT2D eigenvalue weighted by Gasteiger charge is -2.36. The molecule has 4 nitrogen and oxygen atoms in total. The molecule has 4 heteroatoms. The second kappa shape index (κ2) is 4.37. The Morgan fingerprint density at radius 1 is 1.20 bits per heavy atom. The fourth-order valence-corrected chi connectivity index (χ4v) is 2.19. The first kappa shape index (κ1) is 11.3. The van der Waals surface area contributed by atoms with Crippen molar-refractivity contribution in [2.45, 2.75) is 38.1 Å². The lowest BCUT2D eigenvalue weighted by Crippen LogP contribution is -2.51. The molecule has 2 fully saturated rings. The summed E-state index contributed by atoms with van der Waals surface area (Å²) in [6.45, 7) is 7.77. The van der Waals surface area contributed by atoms with E-state index in [0.29, 0.717) is 12.1 Å². The second-order valence-corrected chi connectivity index (χ2v) is 5.13. The highest BCUT2D eigenvalue weighted by Crippen LogP contribution is 2.18. The molecule has 15 heavy (non-hydrogen) atoms. The maximum Gasteiger partial charge on any atom is 0.162 e. The molecule has 2 heterocycles. The van der Waals surface area contributed by atoms with Crippen LogP contribution in [0.1, 0.15) is 20.3 Å². The highest BCUT2D eigenvalue weighted by Gasteiger charge is 2.30. The number of rotatable bonds is 2. The minimum atomic E-state index is -0.398. The lowest BCUT2D eigenvalue weighted by atomic mass is 10.2. The number of likely N-dealkylation sites (N-methyl/N-ethyl adjacent to an activating group) is 1. The van der Waals surface area contributed by atoms with E-state index in [1.54, 1.807) is 0 Å². The van der Waals surface area contributed by atoms with Gasteiger partial charge < -0.3 is 19.7 Å². The maximum absolute atomic E-state index is 5.62. The zero-order chi connectivity index (χ0) is 10.9. The normalized spacial score (nSPS) is 33.4. The van der Waals surface area contributed by atoms with Gasteiger partial charge in [0.05, 0.1) is 19.3 Å². The van der Waals surface area contributed by atoms with Crippen LogP contribution in [0.2, 0.25) is 0 Å². The Morgan fingerprint density at radius 3 is 2.40 bits per heavy atom. The first-order valence-electron chi connectivity index (χ1n) is 5.78. The molecule has 1 unspecified atom stereocenters. The van der Waals surface area contributed by atoms with Crippen molar-refractivity contribution in [3.8, 4) is 0 Å². The topological polar surface area (TPSA) is 33.7 Å². The van der Waals surface area contributed by atoms with Crippen LogP contribution < -0.4 is 5.32 Å². The number of hydrogen-bond donors (Lipinski definition) is 1. The van der Waals surface area contributed by atoms with Crippen molar-refractivity contribution in [1.82, 2.24) is 10.2 Å². The minimum absolute atomic E-state index is 0.356. The number of likely N-dealkylation sites (tertiary alicyclic amines) is 1. The lowest BCUT2D eigenvalue weighted by molar-refractivity contribution is -0.253. The molecule has 0 aliphatic carbocycles. The summed E-state index contributed by atoms with van der Waals surface area (Å²) in [5, 5.41) is 3.59. The van der Waals surface area contributed by atoms with Crippen LogP contribution in [0.5, 0.6) is 0 Å². The first-order valence-corrected chi connectivity index (χ1v) is 5.78. The molecule has 0 spiro atoms. The molecule has 0 aromatic heterocycles. The van der Waals surface area contributed by atoms with Crippen LogP contribution in [0.4, 0.5) is 0 Å². The Balaban J connectivity index is 1.73. The van der Waals surface area contributed by atoms with Gasteiger partial charge in [0.1, 0.15) is 0 Å². The van der Waals surface area contributed by atoms with Gasteiger partial charge in [-0.05, 0) is 33.9 Å². The Kier molecular flexibility index (Phi) is 3.30. The van der Waals surface area contributed by atoms with Crippen molar-refractivity contribution >= 4 is 0 Å². The van der Waals surface area contributed by atoms with Gasteiger partial charge in [-0.1, -0.05) is 0 Å². The molecule has 0 bridgehead atoms. The molecule has 1 atom stereocenters. The van der Waals surface area contributed by atoms with E-state index in [4.69, 9.17) is 9.47 Å². The molecule has 0 amide bonds. The van der Waals surface area contributed by atoms with E-state index in [9.17, 15) is 0 Å². The monoisotopic (exact) mass is 214 g/mol. The molecule has 2 saturated heterocycles. The van der Waals surface area contributed by atoms with Gasteiger partial charge >= 0.3 is 0 Å². The van der Waals surface area contributed by atoms with Crippen LogP contribution in [-0.2, 0) is 9.47 Å². The predicted octanol–water partition coefficient (Wildman–Crippen LogP) is 0.432. The predicted molar refractivity (Wildman–Crippen MR) is 58.8 cm³/mol. The van der Waals surface area contributed by atoms with Crippen LogP contribution in [0.15, 0.2) is 0 Å². The zero-order valence-corrected chi connectivity index (χ0v) is 9.95. The first-order chi connectivity index (χ1) is 7.05. The van der Waals surface area contributed by atoms with Crippen molar-refractivity contribution in [2.24, 2.45) is 0 Å². The summed E-state index contributed by atoms with van der Waals surface area (Å²) in [6.07, 6.45) is 1.23. The highest BCUT2D eigenvalue weighted by atomic mass is 16.7. The molecule has 0 radical (unpaired) electrons. The number of hydrogen-bond acceptors (Lipinski definition) is 4. The summed E-state index contributed by atoms with van der Waals surface area (Å²) in [5.74, 6) is -0.398. The fourth-order valence-electron chi connectivity index (χ4n) is 2.19. The summed E-state index contributed by atoms with van der Waals surface area (Å²) in [6, 6.07) is 0.961. The molecule has 2 rings (SSSR count). The largest absolute Gasteiger partial charge is 0.349 e. The number of nitrogens with zero attached hydrogens (tertiary/aromatic N) is 1. The van der Waals surface area contributed by atoms with Gasteiger partial charge in [0.15, 0.2) is 5.79 Å². The van der Waals surface area contributed by atoms with Gasteiger partial charge in [0.25, 0.3) is 0 Å². The van der Waals surface area contributed by atoms with Gasteiger partial charge in [-0.25, -0.2) is 0 Å². The number of nitrogens with one attached hydrogen (secondary N) is 1. The van der Waals surface area contributed by atoms with Crippen LogP contribution in [-0.4, -0.2) is 56.1 Å². The van der Waals surface area contributed by atoms with Gasteiger partial charge in [-0.2, -0.15) is 0 Å². The van der Waals surface area contributed by atoms with E-state index >= 15 is 0 Å². The van der Waals surface area contributed by atoms with Crippen LogP contribution in [0.3, 0.4) is 0 Å². The molecule has 88 valence electrons. The van der Waals surface area contributed by atoms with E-state index in [0.717, 1.165) is 19.8 Å². The van der Waals surface area contributed by atoms with Gasteiger partial charge in [0.2, 0.25) is 0 Å². The van der Waals surface area contributed by atoms with Crippen molar-refractivity contribution in [2.75, 3.05) is 33.4 Å². The Labute approximate surface area is 91.9 Å². The van der Waals surface area contributed by atoms with Gasteiger partial charge in [0, 0.05) is 12.6 Å². The molecule has 0 aromatic carbocycles. The van der Waals surface area contributed by atoms with Crippen molar-refractivity contribution in [3.05, 3.63) is 0 Å². The average Bonchev–Trinajstić information content (AvgIpc) is 2.55. The molecule has 1 N–H and O–H groups in total. The SMILES string of the molecule is CN1CCC(NC2COC(C)(C)OC2)C1. The molecule has 0 aromatic rings. The highest BCUT2D eigenvalue weighted by molar-refractivity contribution is 4.84. The van der Waals surface area contributed by atoms with Crippen molar-refractivity contribution < 1.29 is 9.47 Å². The Bertz CT molecular complexity index is 211. The standard InChI is InChI=1S/C11H22N2O2/c1-11(2)14-7-10(8-15-11)12-9-4-5-13(3)6-9/h9-10,12H,4-8H2,1-3H3. The molecule has 0 saturated carbocycles. The smallest absolute Gasteiger partial charge is 0.162 e. The second-order valence-electron chi connectivity index (χ2n) is 5.13. The molecule has 2 aliphatic heterocycles. The van der Waals surface area contributed by atoms with Crippen LogP contribution in [0.25, 0.3) is 0 Å². The summed E-state index contributed by atoms with van der Waals surface area (Å²) in [4.78, 5) is 2.35. The third-order valence-electron chi connectivity index (χ3n) is 3.13. The molecular formula is C11H22N2O2. The fraction of sp³-hybridized carbons (Fsp3) is 1.00. The maximum atomic E-state index is 5.62. The van der Waals surface area contributed by atoms with Crippen LogP contribution >= 0.6 is 0 Å². The number of ether oxygens (including phenoxy) is 2. The summed E-state index contributed by atoms with van der Waals surface area (Å²) < 4.78 is 11.2. The summed E-state index contributed by atoms with van der Waals surface area (Å²) in [7, 11) is 2.17. The van der Waals surface area contributed by atoms with Gasteiger partial charge in [-0.3, -0.25) is 0 Å². The Hall–Kier alpha value is -0.160. The zero-order valence-electron chi connectivity index (χ0n) is 9.95. The van der Waals surface area contributed by atoms with E-state index in [1.807, 2.05) is 13.8 Å². The molecule has 2 aliphatic rings. The van der Waals surface area contributed by atoms with Crippen molar-refractivity contribution in [1.29, 1.82) is 0 Å².